The van der Waals surface area contributed by atoms with E-state index in [2.05, 4.69) is 44.2 Å². The van der Waals surface area contributed by atoms with E-state index >= 15 is 0 Å². The number of nitrogens with one attached hydrogen (secondary N) is 2. The molecular formula is C26H20CuN4O. The van der Waals surface area contributed by atoms with Crippen LogP contribution >= 0.6 is 0 Å². The Balaban J connectivity index is 0.000000265. The second kappa shape index (κ2) is 9.52. The van der Waals surface area contributed by atoms with Crippen LogP contribution in [0.25, 0.3) is 46.4 Å². The summed E-state index contributed by atoms with van der Waals surface area (Å²) in [4.78, 5) is 16.0. The summed E-state index contributed by atoms with van der Waals surface area (Å²) in [5, 5.41) is 8.63. The fraction of sp³-hybridized carbons (Fsp3) is 0. The van der Waals surface area contributed by atoms with Crippen LogP contribution in [0.3, 0.4) is 0 Å². The molecule has 4 aromatic rings. The molecule has 1 aromatic carbocycles. The van der Waals surface area contributed by atoms with Crippen LogP contribution < -0.4 is 0 Å². The molecule has 2 aliphatic heterocycles. The molecule has 1 radical (unpaired) electrons. The van der Waals surface area contributed by atoms with Crippen LogP contribution in [0.15, 0.2) is 78.9 Å². The molecule has 8 bridgehead atoms. The molecule has 2 aliphatic rings. The summed E-state index contributed by atoms with van der Waals surface area (Å²) in [6.45, 7) is 0. The molecule has 0 spiro atoms. The molecule has 0 saturated heterocycles. The summed E-state index contributed by atoms with van der Waals surface area (Å²) in [5.41, 5.74) is 7.86. The number of aromatic hydroxyl groups is 1. The summed E-state index contributed by atoms with van der Waals surface area (Å²) < 4.78 is 0. The molecular weight excluding hydrogens is 448 g/mol. The smallest absolute Gasteiger partial charge is 0.115 e. The maximum Gasteiger partial charge on any atom is 0.115 e. The third-order valence-corrected chi connectivity index (χ3v) is 4.80. The van der Waals surface area contributed by atoms with Gasteiger partial charge in [-0.2, -0.15) is 0 Å². The van der Waals surface area contributed by atoms with Crippen LogP contribution in [0.5, 0.6) is 5.75 Å². The molecule has 0 aliphatic carbocycles. The largest absolute Gasteiger partial charge is 0.508 e. The van der Waals surface area contributed by atoms with Crippen molar-refractivity contribution in [1.29, 1.82) is 0 Å². The van der Waals surface area contributed by atoms with Crippen LogP contribution in [-0.2, 0) is 17.1 Å². The van der Waals surface area contributed by atoms with Crippen LogP contribution in [0.1, 0.15) is 22.8 Å². The molecule has 0 unspecified atom stereocenters. The van der Waals surface area contributed by atoms with E-state index in [0.717, 1.165) is 44.8 Å². The van der Waals surface area contributed by atoms with E-state index in [0.29, 0.717) is 5.75 Å². The molecule has 5 heterocycles. The number of aromatic amines is 2. The van der Waals surface area contributed by atoms with Gasteiger partial charge in [-0.1, -0.05) is 18.2 Å². The number of hydrogen-bond acceptors (Lipinski definition) is 3. The van der Waals surface area contributed by atoms with E-state index < -0.39 is 0 Å². The number of H-pyrrole nitrogens is 2. The Bertz CT molecular complexity index is 1270. The van der Waals surface area contributed by atoms with E-state index in [4.69, 9.17) is 5.11 Å². The Morgan fingerprint density at radius 1 is 0.500 bits per heavy atom. The number of phenolic OH excluding ortho intramolecular Hbond substituents is 1. The minimum atomic E-state index is 0. The molecule has 0 saturated carbocycles. The first-order chi connectivity index (χ1) is 15.2. The number of aromatic nitrogens is 4. The van der Waals surface area contributed by atoms with Gasteiger partial charge in [0.1, 0.15) is 5.75 Å². The number of rotatable bonds is 0. The summed E-state index contributed by atoms with van der Waals surface area (Å²) >= 11 is 0. The zero-order chi connectivity index (χ0) is 21.0. The van der Waals surface area contributed by atoms with Crippen molar-refractivity contribution < 1.29 is 22.2 Å². The Kier molecular flexibility index (Phi) is 6.36. The van der Waals surface area contributed by atoms with E-state index in [1.54, 1.807) is 24.3 Å². The second-order valence-corrected chi connectivity index (χ2v) is 7.24. The standard InChI is InChI=1S/C20H14N4.C6H6O.Cu/c1-2-14-10-16-5-6-18(23-16)12-20-8-7-19(24-20)11-17-4-3-15(22-17)9-13(1)21-14;7-6-4-2-1-3-5-6;/h1-12,21,24H;1-5,7H;. The number of fused-ring (bicyclic) bond motifs is 8. The van der Waals surface area contributed by atoms with Gasteiger partial charge in [0.2, 0.25) is 0 Å². The molecule has 3 aromatic heterocycles. The summed E-state index contributed by atoms with van der Waals surface area (Å²) in [7, 11) is 0. The maximum absolute atomic E-state index is 8.63. The first kappa shape index (κ1) is 21.4. The number of nitrogens with zero attached hydrogens (tertiary/aromatic N) is 2. The summed E-state index contributed by atoms with van der Waals surface area (Å²) in [6.07, 6.45) is 8.09. The Hall–Kier alpha value is -3.86. The predicted molar refractivity (Wildman–Crippen MR) is 127 cm³/mol. The van der Waals surface area contributed by atoms with Gasteiger partial charge in [0.15, 0.2) is 0 Å². The van der Waals surface area contributed by atoms with Crippen LogP contribution in [0, 0.1) is 0 Å². The van der Waals surface area contributed by atoms with Crippen molar-refractivity contribution in [3.63, 3.8) is 0 Å². The van der Waals surface area contributed by atoms with Crippen LogP contribution in [0.4, 0.5) is 0 Å². The maximum atomic E-state index is 8.63. The molecule has 6 heteroatoms. The average molecular weight is 468 g/mol. The van der Waals surface area contributed by atoms with Crippen molar-refractivity contribution in [2.45, 2.75) is 0 Å². The van der Waals surface area contributed by atoms with Gasteiger partial charge in [-0.25, -0.2) is 9.97 Å². The molecule has 0 atom stereocenters. The SMILES string of the molecule is C1=Cc2cc3ccc(cc4nc(cc5ccc(cc1n2)[nH]5)C=C4)[nH]3.Oc1ccccc1.[Cu]. The first-order valence-corrected chi connectivity index (χ1v) is 9.98. The number of benzene rings is 1. The fourth-order valence-electron chi connectivity index (χ4n) is 3.37. The zero-order valence-electron chi connectivity index (χ0n) is 17.0. The van der Waals surface area contributed by atoms with Crippen molar-refractivity contribution in [2.24, 2.45) is 0 Å². The quantitative estimate of drug-likeness (QED) is 0.238. The number of para-hydroxylation sites is 1. The molecule has 0 fully saturated rings. The van der Waals surface area contributed by atoms with Crippen molar-refractivity contribution in [1.82, 2.24) is 19.9 Å². The zero-order valence-corrected chi connectivity index (χ0v) is 17.9. The minimum Gasteiger partial charge on any atom is -0.508 e. The third-order valence-electron chi connectivity index (χ3n) is 4.80. The first-order valence-electron chi connectivity index (χ1n) is 9.98. The Morgan fingerprint density at radius 2 is 0.844 bits per heavy atom. The van der Waals surface area contributed by atoms with Crippen molar-refractivity contribution in [3.05, 3.63) is 102 Å². The van der Waals surface area contributed by atoms with Crippen molar-refractivity contribution in [3.8, 4) is 5.75 Å². The van der Waals surface area contributed by atoms with E-state index in [1.165, 1.54) is 0 Å². The van der Waals surface area contributed by atoms with Crippen molar-refractivity contribution in [2.75, 3.05) is 0 Å². The molecule has 6 rings (SSSR count). The second-order valence-electron chi connectivity index (χ2n) is 7.24. The normalized spacial score (nSPS) is 11.4. The van der Waals surface area contributed by atoms with Gasteiger partial charge in [0.05, 0.1) is 22.8 Å². The van der Waals surface area contributed by atoms with Crippen LogP contribution in [-0.4, -0.2) is 25.0 Å². The van der Waals surface area contributed by atoms with Gasteiger partial charge in [-0.15, -0.1) is 0 Å². The third kappa shape index (κ3) is 5.24. The fourth-order valence-corrected chi connectivity index (χ4v) is 3.37. The molecule has 161 valence electrons. The monoisotopic (exact) mass is 467 g/mol. The van der Waals surface area contributed by atoms with Crippen LogP contribution in [0.2, 0.25) is 0 Å². The Labute approximate surface area is 195 Å². The minimum absolute atomic E-state index is 0. The summed E-state index contributed by atoms with van der Waals surface area (Å²) in [5.74, 6) is 0.322. The predicted octanol–water partition coefficient (Wildman–Crippen LogP) is 6.05. The van der Waals surface area contributed by atoms with Gasteiger partial charge in [-0.3, -0.25) is 0 Å². The van der Waals surface area contributed by atoms with Crippen molar-refractivity contribution >= 4 is 46.4 Å². The molecule has 5 nitrogen and oxygen atoms in total. The molecule has 0 amide bonds. The van der Waals surface area contributed by atoms with E-state index in [9.17, 15) is 0 Å². The van der Waals surface area contributed by atoms with E-state index in [-0.39, 0.29) is 17.1 Å². The number of phenols is 1. The number of hydrogen-bond donors (Lipinski definition) is 3. The summed E-state index contributed by atoms with van der Waals surface area (Å²) in [6, 6.07) is 25.1. The topological polar surface area (TPSA) is 77.6 Å². The van der Waals surface area contributed by atoms with E-state index in [1.807, 2.05) is 54.6 Å². The van der Waals surface area contributed by atoms with Gasteiger partial charge in [-0.05, 0) is 85.0 Å². The van der Waals surface area contributed by atoms with Gasteiger partial charge < -0.3 is 15.1 Å². The Morgan fingerprint density at radius 3 is 1.12 bits per heavy atom. The molecule has 32 heavy (non-hydrogen) atoms. The van der Waals surface area contributed by atoms with Gasteiger partial charge in [0, 0.05) is 39.1 Å². The molecule has 3 N–H and O–H groups in total. The average Bonchev–Trinajstić information content (AvgIpc) is 3.55. The van der Waals surface area contributed by atoms with Gasteiger partial charge in [0.25, 0.3) is 0 Å². The van der Waals surface area contributed by atoms with Gasteiger partial charge >= 0.3 is 0 Å².